The summed E-state index contributed by atoms with van der Waals surface area (Å²) in [5.74, 6) is 0. The maximum Gasteiger partial charge on any atom is 0.211 e. The molecule has 0 unspecified atom stereocenters. The van der Waals surface area contributed by atoms with Gasteiger partial charge >= 0.3 is 0 Å². The third kappa shape index (κ3) is 0.708. The summed E-state index contributed by atoms with van der Waals surface area (Å²) >= 11 is 0. The number of fused-ring (bicyclic) bond motifs is 1. The van der Waals surface area contributed by atoms with Crippen LogP contribution in [0.15, 0.2) is 47.0 Å². The van der Waals surface area contributed by atoms with E-state index in [9.17, 15) is 0 Å². The van der Waals surface area contributed by atoms with Crippen LogP contribution in [-0.4, -0.2) is 6.21 Å². The molecular weight excluding hydrogens is 122 g/mol. The molecule has 0 amide bonds. The smallest absolute Gasteiger partial charge is 0.210 e. The Morgan fingerprint density at radius 3 is 3.30 bits per heavy atom. The first-order valence-corrected chi connectivity index (χ1v) is 3.14. The first kappa shape index (κ1) is 5.25. The largest absolute Gasteiger partial charge is 0.211 e. The van der Waals surface area contributed by atoms with Gasteiger partial charge in [-0.2, -0.15) is 0 Å². The monoisotopic (exact) mass is 128 g/mol. The highest BCUT2D eigenvalue weighted by Crippen LogP contribution is 2.10. The minimum absolute atomic E-state index is 1.10. The summed E-state index contributed by atoms with van der Waals surface area (Å²) in [5.41, 5.74) is 8.32. The Hall–Kier alpha value is -1.55. The molecule has 0 aromatic heterocycles. The molecular formula is C9H6N+. The molecule has 0 atom stereocenters. The minimum Gasteiger partial charge on any atom is -0.210 e. The molecule has 2 aliphatic rings. The highest BCUT2D eigenvalue weighted by Gasteiger charge is 2.05. The summed E-state index contributed by atoms with van der Waals surface area (Å²) < 4.78 is 0. The normalized spacial score (nSPS) is 18.4. The van der Waals surface area contributed by atoms with Crippen LogP contribution >= 0.6 is 0 Å². The van der Waals surface area contributed by atoms with Crippen LogP contribution in [0.3, 0.4) is 0 Å². The van der Waals surface area contributed by atoms with Gasteiger partial charge in [0.15, 0.2) is 6.21 Å². The van der Waals surface area contributed by atoms with E-state index in [1.54, 1.807) is 6.20 Å². The van der Waals surface area contributed by atoms with Crippen molar-refractivity contribution in [1.29, 1.82) is 0 Å². The number of hydrogen-bond donors (Lipinski definition) is 1. The molecule has 10 heavy (non-hydrogen) atoms. The first-order chi connectivity index (χ1) is 4.97. The van der Waals surface area contributed by atoms with Gasteiger partial charge in [0.2, 0.25) is 6.20 Å². The van der Waals surface area contributed by atoms with E-state index in [-0.39, 0.29) is 0 Å². The van der Waals surface area contributed by atoms with Gasteiger partial charge in [0, 0.05) is 5.57 Å². The second kappa shape index (κ2) is 2.00. The Morgan fingerprint density at radius 1 is 1.40 bits per heavy atom. The molecule has 0 saturated heterocycles. The quantitative estimate of drug-likeness (QED) is 0.436. The molecule has 0 spiro atoms. The predicted octanol–water partition coefficient (Wildman–Crippen LogP) is -0.158. The van der Waals surface area contributed by atoms with Gasteiger partial charge in [-0.1, -0.05) is 0 Å². The van der Waals surface area contributed by atoms with Crippen LogP contribution in [0.25, 0.3) is 0 Å². The molecule has 1 aliphatic heterocycles. The number of rotatable bonds is 0. The highest BCUT2D eigenvalue weighted by molar-refractivity contribution is 5.83. The maximum absolute atomic E-state index is 3.06. The van der Waals surface area contributed by atoms with E-state index in [1.807, 2.05) is 24.4 Å². The van der Waals surface area contributed by atoms with Crippen molar-refractivity contribution >= 4 is 6.21 Å². The zero-order valence-corrected chi connectivity index (χ0v) is 5.39. The molecule has 0 aromatic rings. The molecule has 1 nitrogen and oxygen atoms in total. The number of nitrogens with one attached hydrogen (secondary N) is 1. The van der Waals surface area contributed by atoms with Gasteiger partial charge < -0.3 is 0 Å². The van der Waals surface area contributed by atoms with Crippen molar-refractivity contribution in [2.45, 2.75) is 0 Å². The van der Waals surface area contributed by atoms with Crippen LogP contribution < -0.4 is 4.99 Å². The lowest BCUT2D eigenvalue weighted by molar-refractivity contribution is -0.366. The van der Waals surface area contributed by atoms with Crippen LogP contribution in [0, 0.1) is 0 Å². The zero-order valence-electron chi connectivity index (χ0n) is 5.39. The SMILES string of the molecule is C1=CC=C2C=[NH+]C=C=C2C=1. The van der Waals surface area contributed by atoms with Crippen LogP contribution in [-0.2, 0) is 0 Å². The number of hydrogen-bond acceptors (Lipinski definition) is 0. The second-order valence-electron chi connectivity index (χ2n) is 2.11. The van der Waals surface area contributed by atoms with Crippen molar-refractivity contribution in [3.8, 4) is 0 Å². The Bertz CT molecular complexity index is 341. The van der Waals surface area contributed by atoms with Crippen molar-refractivity contribution in [2.24, 2.45) is 0 Å². The zero-order chi connectivity index (χ0) is 6.81. The molecule has 46 valence electrons. The predicted molar refractivity (Wildman–Crippen MR) is 39.4 cm³/mol. The third-order valence-corrected chi connectivity index (χ3v) is 1.45. The van der Waals surface area contributed by atoms with E-state index in [2.05, 4.69) is 16.5 Å². The molecule has 2 rings (SSSR count). The molecule has 0 bridgehead atoms. The molecule has 0 aromatic carbocycles. The molecule has 1 heteroatoms. The molecule has 1 aliphatic carbocycles. The Balaban J connectivity index is 2.68. The minimum atomic E-state index is 1.10. The summed E-state index contributed by atoms with van der Waals surface area (Å²) in [7, 11) is 0. The molecule has 0 radical (unpaired) electrons. The van der Waals surface area contributed by atoms with Gasteiger partial charge in [-0.25, -0.2) is 4.99 Å². The fourth-order valence-corrected chi connectivity index (χ4v) is 0.944. The van der Waals surface area contributed by atoms with E-state index in [1.165, 1.54) is 5.57 Å². The molecule has 1 heterocycles. The van der Waals surface area contributed by atoms with Crippen molar-refractivity contribution < 1.29 is 4.99 Å². The van der Waals surface area contributed by atoms with E-state index in [0.717, 1.165) is 5.57 Å². The van der Waals surface area contributed by atoms with Crippen LogP contribution in [0.4, 0.5) is 0 Å². The van der Waals surface area contributed by atoms with E-state index >= 15 is 0 Å². The van der Waals surface area contributed by atoms with Crippen LogP contribution in [0.5, 0.6) is 0 Å². The fraction of sp³-hybridized carbons (Fsp3) is 0. The third-order valence-electron chi connectivity index (χ3n) is 1.45. The Morgan fingerprint density at radius 2 is 2.40 bits per heavy atom. The van der Waals surface area contributed by atoms with Crippen molar-refractivity contribution in [1.82, 2.24) is 0 Å². The Labute approximate surface area is 59.1 Å². The lowest BCUT2D eigenvalue weighted by Gasteiger charge is -1.98. The van der Waals surface area contributed by atoms with Crippen LogP contribution in [0.1, 0.15) is 0 Å². The summed E-state index contributed by atoms with van der Waals surface area (Å²) in [6, 6.07) is 0. The molecule has 0 saturated carbocycles. The lowest BCUT2D eigenvalue weighted by atomic mass is 10.0. The Kier molecular flexibility index (Phi) is 1.05. The van der Waals surface area contributed by atoms with E-state index < -0.39 is 0 Å². The first-order valence-electron chi connectivity index (χ1n) is 3.14. The van der Waals surface area contributed by atoms with Crippen molar-refractivity contribution in [2.75, 3.05) is 0 Å². The average Bonchev–Trinajstić information content (AvgIpc) is 2.05. The molecule has 0 fully saturated rings. The van der Waals surface area contributed by atoms with Gasteiger partial charge in [-0.3, -0.25) is 0 Å². The lowest BCUT2D eigenvalue weighted by Crippen LogP contribution is -2.62. The summed E-state index contributed by atoms with van der Waals surface area (Å²) in [5, 5.41) is 0. The van der Waals surface area contributed by atoms with E-state index in [4.69, 9.17) is 0 Å². The average molecular weight is 128 g/mol. The summed E-state index contributed by atoms with van der Waals surface area (Å²) in [6.07, 6.45) is 9.55. The topological polar surface area (TPSA) is 14.0 Å². The van der Waals surface area contributed by atoms with Gasteiger partial charge in [0.05, 0.1) is 5.57 Å². The van der Waals surface area contributed by atoms with Crippen molar-refractivity contribution in [3.63, 3.8) is 0 Å². The fourth-order valence-electron chi connectivity index (χ4n) is 0.944. The van der Waals surface area contributed by atoms with Crippen LogP contribution in [0.2, 0.25) is 0 Å². The maximum atomic E-state index is 3.06. The summed E-state index contributed by atoms with van der Waals surface area (Å²) in [4.78, 5) is 2.97. The van der Waals surface area contributed by atoms with Gasteiger partial charge in [0.25, 0.3) is 0 Å². The highest BCUT2D eigenvalue weighted by atomic mass is 14.7. The van der Waals surface area contributed by atoms with Gasteiger partial charge in [-0.15, -0.1) is 5.73 Å². The summed E-state index contributed by atoms with van der Waals surface area (Å²) in [6.45, 7) is 0. The standard InChI is InChI=1S/C9H5N/c1-2-4-9-7-10-6-5-8(9)3-1/h2-4,6-7H/p+1. The van der Waals surface area contributed by atoms with Crippen molar-refractivity contribution in [3.05, 3.63) is 47.0 Å². The molecule has 1 N–H and O–H groups in total. The van der Waals surface area contributed by atoms with E-state index in [0.29, 0.717) is 0 Å². The van der Waals surface area contributed by atoms with Gasteiger partial charge in [0.1, 0.15) is 0 Å². The second-order valence-corrected chi connectivity index (χ2v) is 2.11. The van der Waals surface area contributed by atoms with Gasteiger partial charge in [-0.05, 0) is 24.0 Å². The number of allylic oxidation sites excluding steroid dienone is 4.